The number of unbranched alkanes of at least 4 members (excludes halogenated alkanes) is 1. The zero-order chi connectivity index (χ0) is 21.7. The van der Waals surface area contributed by atoms with E-state index in [1.165, 1.54) is 12.1 Å². The second kappa shape index (κ2) is 9.47. The molecule has 6 nitrogen and oxygen atoms in total. The molecule has 1 fully saturated rings. The van der Waals surface area contributed by atoms with E-state index < -0.39 is 23.5 Å². The number of likely N-dealkylation sites (tertiary alicyclic amines) is 1. The van der Waals surface area contributed by atoms with Crippen LogP contribution in [0.3, 0.4) is 0 Å². The number of nitrogens with one attached hydrogen (secondary N) is 2. The molecule has 0 aromatic heterocycles. The van der Waals surface area contributed by atoms with Gasteiger partial charge >= 0.3 is 0 Å². The van der Waals surface area contributed by atoms with Crippen LogP contribution in [-0.4, -0.2) is 35.7 Å². The first-order valence-electron chi connectivity index (χ1n) is 9.82. The summed E-state index contributed by atoms with van der Waals surface area (Å²) in [5, 5.41) is 5.19. The van der Waals surface area contributed by atoms with E-state index in [-0.39, 0.29) is 29.5 Å². The van der Waals surface area contributed by atoms with E-state index in [2.05, 4.69) is 10.6 Å². The molecule has 1 atom stereocenters. The largest absolute Gasteiger partial charge is 0.342 e. The number of hydrogen-bond donors (Lipinski definition) is 2. The molecular formula is C22H23F2N3O3. The Kier molecular flexibility index (Phi) is 6.76. The van der Waals surface area contributed by atoms with Crippen LogP contribution in [0.15, 0.2) is 42.5 Å². The monoisotopic (exact) mass is 415 g/mol. The minimum Gasteiger partial charge on any atom is -0.342 e. The van der Waals surface area contributed by atoms with E-state index in [1.54, 1.807) is 17.0 Å². The summed E-state index contributed by atoms with van der Waals surface area (Å²) in [6.07, 6.45) is 2.08. The lowest BCUT2D eigenvalue weighted by Crippen LogP contribution is -2.29. The van der Waals surface area contributed by atoms with Crippen molar-refractivity contribution in [3.05, 3.63) is 59.7 Å². The summed E-state index contributed by atoms with van der Waals surface area (Å²) in [5.41, 5.74) is 0.765. The third-order valence-electron chi connectivity index (χ3n) is 4.90. The number of hydrogen-bond acceptors (Lipinski definition) is 3. The molecule has 158 valence electrons. The molecule has 0 aliphatic carbocycles. The van der Waals surface area contributed by atoms with Crippen molar-refractivity contribution < 1.29 is 23.2 Å². The van der Waals surface area contributed by atoms with Crippen molar-refractivity contribution in [1.29, 1.82) is 0 Å². The van der Waals surface area contributed by atoms with Crippen LogP contribution in [0.25, 0.3) is 0 Å². The maximum absolute atomic E-state index is 13.2. The van der Waals surface area contributed by atoms with Crippen molar-refractivity contribution in [3.63, 3.8) is 0 Å². The van der Waals surface area contributed by atoms with E-state index in [0.717, 1.165) is 25.0 Å². The average molecular weight is 415 g/mol. The molecule has 2 aromatic rings. The fourth-order valence-electron chi connectivity index (χ4n) is 3.29. The van der Waals surface area contributed by atoms with Crippen LogP contribution in [0, 0.1) is 17.6 Å². The van der Waals surface area contributed by atoms with Gasteiger partial charge in [0.15, 0.2) is 0 Å². The first-order valence-corrected chi connectivity index (χ1v) is 9.82. The minimum atomic E-state index is -0.790. The standard InChI is InChI=1S/C22H23F2N3O3/c1-2-3-8-27-13-15(9-20(27)28)22(30)25-18-6-4-14(5-7-18)21(29)26-19-11-16(23)10-17(24)12-19/h4-7,10-12,15H,2-3,8-9,13H2,1H3,(H,25,30)(H,26,29)/t15-/m0/s1. The second-order valence-electron chi connectivity index (χ2n) is 7.27. The van der Waals surface area contributed by atoms with Crippen molar-refractivity contribution in [2.24, 2.45) is 5.92 Å². The van der Waals surface area contributed by atoms with Crippen LogP contribution >= 0.6 is 0 Å². The Morgan fingerprint density at radius 3 is 2.33 bits per heavy atom. The Morgan fingerprint density at radius 2 is 1.70 bits per heavy atom. The molecule has 8 heteroatoms. The number of carbonyl (C=O) groups is 3. The SMILES string of the molecule is CCCCN1C[C@@H](C(=O)Nc2ccc(C(=O)Nc3cc(F)cc(F)c3)cc2)CC1=O. The van der Waals surface area contributed by atoms with Gasteiger partial charge in [-0.1, -0.05) is 13.3 Å². The predicted octanol–water partition coefficient (Wildman–Crippen LogP) is 3.80. The summed E-state index contributed by atoms with van der Waals surface area (Å²) in [6.45, 7) is 3.12. The van der Waals surface area contributed by atoms with Gasteiger partial charge in [-0.05, 0) is 42.8 Å². The summed E-state index contributed by atoms with van der Waals surface area (Å²) in [4.78, 5) is 38.4. The highest BCUT2D eigenvalue weighted by atomic mass is 19.1. The lowest BCUT2D eigenvalue weighted by atomic mass is 10.1. The number of amides is 3. The summed E-state index contributed by atoms with van der Waals surface area (Å²) in [5.74, 6) is -2.77. The van der Waals surface area contributed by atoms with Crippen molar-refractivity contribution >= 4 is 29.1 Å². The molecule has 0 bridgehead atoms. The zero-order valence-corrected chi connectivity index (χ0v) is 16.6. The van der Waals surface area contributed by atoms with E-state index in [0.29, 0.717) is 24.8 Å². The van der Waals surface area contributed by atoms with E-state index in [9.17, 15) is 23.2 Å². The summed E-state index contributed by atoms with van der Waals surface area (Å²) in [7, 11) is 0. The highest BCUT2D eigenvalue weighted by molar-refractivity contribution is 6.04. The zero-order valence-electron chi connectivity index (χ0n) is 16.6. The van der Waals surface area contributed by atoms with Crippen LogP contribution in [0.5, 0.6) is 0 Å². The van der Waals surface area contributed by atoms with Gasteiger partial charge in [-0.3, -0.25) is 14.4 Å². The van der Waals surface area contributed by atoms with Gasteiger partial charge in [0.2, 0.25) is 11.8 Å². The van der Waals surface area contributed by atoms with Crippen LogP contribution in [0.2, 0.25) is 0 Å². The van der Waals surface area contributed by atoms with Crippen LogP contribution in [0.4, 0.5) is 20.2 Å². The van der Waals surface area contributed by atoms with Gasteiger partial charge in [-0.2, -0.15) is 0 Å². The molecule has 0 radical (unpaired) electrons. The normalized spacial score (nSPS) is 15.9. The number of benzene rings is 2. The molecule has 3 rings (SSSR count). The highest BCUT2D eigenvalue weighted by Crippen LogP contribution is 2.21. The smallest absolute Gasteiger partial charge is 0.255 e. The molecule has 2 N–H and O–H groups in total. The Balaban J connectivity index is 1.57. The molecule has 2 aromatic carbocycles. The molecule has 1 heterocycles. The van der Waals surface area contributed by atoms with Crippen LogP contribution in [-0.2, 0) is 9.59 Å². The molecule has 30 heavy (non-hydrogen) atoms. The highest BCUT2D eigenvalue weighted by Gasteiger charge is 2.33. The molecule has 0 saturated carbocycles. The molecule has 1 saturated heterocycles. The van der Waals surface area contributed by atoms with Crippen LogP contribution < -0.4 is 10.6 Å². The fourth-order valence-corrected chi connectivity index (χ4v) is 3.29. The average Bonchev–Trinajstić information content (AvgIpc) is 3.07. The Hall–Kier alpha value is -3.29. The number of anilines is 2. The van der Waals surface area contributed by atoms with Gasteiger partial charge in [0.1, 0.15) is 11.6 Å². The number of carbonyl (C=O) groups excluding carboxylic acids is 3. The Bertz CT molecular complexity index is 927. The molecule has 1 aliphatic rings. The first kappa shape index (κ1) is 21.4. The molecular weight excluding hydrogens is 392 g/mol. The van der Waals surface area contributed by atoms with Crippen molar-refractivity contribution in [2.45, 2.75) is 26.2 Å². The quantitative estimate of drug-likeness (QED) is 0.722. The fraction of sp³-hybridized carbons (Fsp3) is 0.318. The van der Waals surface area contributed by atoms with Crippen molar-refractivity contribution in [1.82, 2.24) is 4.90 Å². The second-order valence-corrected chi connectivity index (χ2v) is 7.27. The summed E-state index contributed by atoms with van der Waals surface area (Å²) >= 11 is 0. The molecule has 0 spiro atoms. The van der Waals surface area contributed by atoms with Gasteiger partial charge < -0.3 is 15.5 Å². The van der Waals surface area contributed by atoms with Crippen molar-refractivity contribution in [2.75, 3.05) is 23.7 Å². The topological polar surface area (TPSA) is 78.5 Å². The van der Waals surface area contributed by atoms with Crippen LogP contribution in [0.1, 0.15) is 36.5 Å². The lowest BCUT2D eigenvalue weighted by Gasteiger charge is -2.16. The first-order chi connectivity index (χ1) is 14.4. The van der Waals surface area contributed by atoms with Gasteiger partial charge in [-0.25, -0.2) is 8.78 Å². The Labute approximate surface area is 173 Å². The van der Waals surface area contributed by atoms with E-state index in [1.807, 2.05) is 6.92 Å². The predicted molar refractivity (Wildman–Crippen MR) is 109 cm³/mol. The van der Waals surface area contributed by atoms with Gasteiger partial charge in [0.25, 0.3) is 5.91 Å². The van der Waals surface area contributed by atoms with Gasteiger partial charge in [0, 0.05) is 42.5 Å². The van der Waals surface area contributed by atoms with E-state index >= 15 is 0 Å². The number of nitrogens with zero attached hydrogens (tertiary/aromatic N) is 1. The lowest BCUT2D eigenvalue weighted by molar-refractivity contribution is -0.128. The third kappa shape index (κ3) is 5.40. The maximum Gasteiger partial charge on any atom is 0.255 e. The third-order valence-corrected chi connectivity index (χ3v) is 4.90. The molecule has 0 unspecified atom stereocenters. The molecule has 1 aliphatic heterocycles. The summed E-state index contributed by atoms with van der Waals surface area (Å²) in [6, 6.07) is 8.86. The van der Waals surface area contributed by atoms with E-state index in [4.69, 9.17) is 0 Å². The number of halogens is 2. The van der Waals surface area contributed by atoms with Crippen molar-refractivity contribution in [3.8, 4) is 0 Å². The maximum atomic E-state index is 13.2. The van der Waals surface area contributed by atoms with Gasteiger partial charge in [-0.15, -0.1) is 0 Å². The van der Waals surface area contributed by atoms with Gasteiger partial charge in [0.05, 0.1) is 5.92 Å². The minimum absolute atomic E-state index is 0.00778. The summed E-state index contributed by atoms with van der Waals surface area (Å²) < 4.78 is 26.5. The molecule has 3 amide bonds. The number of rotatable bonds is 7. The Morgan fingerprint density at radius 1 is 1.03 bits per heavy atom.